The topological polar surface area (TPSA) is 54.4 Å². The van der Waals surface area contributed by atoms with Gasteiger partial charge in [0.15, 0.2) is 17.2 Å². The second-order valence-electron chi connectivity index (χ2n) is 3.64. The Labute approximate surface area is 88.7 Å². The third kappa shape index (κ3) is 2.50. The van der Waals surface area contributed by atoms with Crippen molar-refractivity contribution in [3.63, 3.8) is 0 Å². The molecular formula is C12H14O3. The van der Waals surface area contributed by atoms with E-state index < -0.39 is 17.2 Å². The number of hydrogen-bond donors (Lipinski definition) is 1. The van der Waals surface area contributed by atoms with E-state index in [-0.39, 0.29) is 6.42 Å². The molecule has 1 rings (SSSR count). The van der Waals surface area contributed by atoms with E-state index in [1.807, 2.05) is 6.07 Å². The zero-order chi connectivity index (χ0) is 11.5. The number of rotatable bonds is 4. The van der Waals surface area contributed by atoms with Gasteiger partial charge in [0.1, 0.15) is 0 Å². The van der Waals surface area contributed by atoms with E-state index in [1.54, 1.807) is 24.3 Å². The summed E-state index contributed by atoms with van der Waals surface area (Å²) >= 11 is 0. The summed E-state index contributed by atoms with van der Waals surface area (Å²) in [6.07, 6.45) is 0.0402. The van der Waals surface area contributed by atoms with E-state index in [0.717, 1.165) is 5.56 Å². The first kappa shape index (κ1) is 11.6. The molecule has 1 aromatic rings. The molecule has 0 spiro atoms. The maximum absolute atomic E-state index is 11.2. The highest BCUT2D eigenvalue weighted by Crippen LogP contribution is 2.15. The predicted molar refractivity (Wildman–Crippen MR) is 56.5 cm³/mol. The summed E-state index contributed by atoms with van der Waals surface area (Å²) in [5.41, 5.74) is -1.10. The van der Waals surface area contributed by atoms with Crippen molar-refractivity contribution >= 4 is 11.6 Å². The average Bonchev–Trinajstić information content (AvgIpc) is 2.18. The third-order valence-electron chi connectivity index (χ3n) is 2.47. The van der Waals surface area contributed by atoms with Crippen molar-refractivity contribution in [2.75, 3.05) is 0 Å². The number of aliphatic hydroxyl groups is 1. The summed E-state index contributed by atoms with van der Waals surface area (Å²) in [6, 6.07) is 8.99. The molecule has 0 aliphatic carbocycles. The summed E-state index contributed by atoms with van der Waals surface area (Å²) in [5.74, 6) is -1.03. The molecule has 0 bridgehead atoms. The van der Waals surface area contributed by atoms with Crippen LogP contribution in [0, 0.1) is 0 Å². The van der Waals surface area contributed by atoms with E-state index in [0.29, 0.717) is 0 Å². The van der Waals surface area contributed by atoms with Gasteiger partial charge < -0.3 is 5.11 Å². The van der Waals surface area contributed by atoms with Crippen molar-refractivity contribution in [2.45, 2.75) is 25.9 Å². The number of carbonyl (C=O) groups is 2. The van der Waals surface area contributed by atoms with Crippen LogP contribution in [0.1, 0.15) is 19.4 Å². The van der Waals surface area contributed by atoms with Crippen LogP contribution in [0.25, 0.3) is 0 Å². The van der Waals surface area contributed by atoms with Crippen molar-refractivity contribution in [3.05, 3.63) is 35.9 Å². The molecule has 3 heteroatoms. The highest BCUT2D eigenvalue weighted by Gasteiger charge is 2.37. The van der Waals surface area contributed by atoms with E-state index in [9.17, 15) is 14.7 Å². The minimum Gasteiger partial charge on any atom is -0.374 e. The molecule has 15 heavy (non-hydrogen) atoms. The zero-order valence-electron chi connectivity index (χ0n) is 8.86. The number of benzene rings is 1. The monoisotopic (exact) mass is 206 g/mol. The normalized spacial score (nSPS) is 11.1. The Hall–Kier alpha value is -1.48. The Kier molecular flexibility index (Phi) is 3.37. The Morgan fingerprint density at radius 1 is 1.13 bits per heavy atom. The van der Waals surface area contributed by atoms with Gasteiger partial charge in [0.25, 0.3) is 0 Å². The average molecular weight is 206 g/mol. The van der Waals surface area contributed by atoms with Crippen LogP contribution >= 0.6 is 0 Å². The Balaban J connectivity index is 2.95. The standard InChI is InChI=1S/C12H14O3/c1-9(13)12(15,10(2)14)8-11-6-4-3-5-7-11/h3-7,15H,8H2,1-2H3. The Morgan fingerprint density at radius 3 is 2.00 bits per heavy atom. The van der Waals surface area contributed by atoms with Crippen molar-refractivity contribution in [3.8, 4) is 0 Å². The summed E-state index contributed by atoms with van der Waals surface area (Å²) in [6.45, 7) is 2.45. The van der Waals surface area contributed by atoms with Crippen LogP contribution in [0.15, 0.2) is 30.3 Å². The van der Waals surface area contributed by atoms with Gasteiger partial charge in [-0.1, -0.05) is 30.3 Å². The summed E-state index contributed by atoms with van der Waals surface area (Å²) in [5, 5.41) is 9.92. The van der Waals surface area contributed by atoms with Gasteiger partial charge in [0.2, 0.25) is 0 Å². The molecule has 0 saturated heterocycles. The molecule has 1 aromatic carbocycles. The SMILES string of the molecule is CC(=O)C(O)(Cc1ccccc1)C(C)=O. The molecule has 0 atom stereocenters. The van der Waals surface area contributed by atoms with Crippen LogP contribution < -0.4 is 0 Å². The molecular weight excluding hydrogens is 192 g/mol. The van der Waals surface area contributed by atoms with Gasteiger partial charge in [0.05, 0.1) is 0 Å². The molecule has 80 valence electrons. The van der Waals surface area contributed by atoms with Gasteiger partial charge >= 0.3 is 0 Å². The fourth-order valence-electron chi connectivity index (χ4n) is 1.39. The van der Waals surface area contributed by atoms with Crippen molar-refractivity contribution in [1.29, 1.82) is 0 Å². The molecule has 0 heterocycles. The predicted octanol–water partition coefficient (Wildman–Crippen LogP) is 1.14. The lowest BCUT2D eigenvalue weighted by molar-refractivity contribution is -0.148. The van der Waals surface area contributed by atoms with Gasteiger partial charge in [-0.15, -0.1) is 0 Å². The maximum Gasteiger partial charge on any atom is 0.184 e. The molecule has 0 saturated carbocycles. The lowest BCUT2D eigenvalue weighted by Crippen LogP contribution is -2.46. The lowest BCUT2D eigenvalue weighted by atomic mass is 9.87. The molecule has 1 N–H and O–H groups in total. The number of carbonyl (C=O) groups excluding carboxylic acids is 2. The molecule has 0 aromatic heterocycles. The summed E-state index contributed by atoms with van der Waals surface area (Å²) in [4.78, 5) is 22.5. The molecule has 3 nitrogen and oxygen atoms in total. The first-order valence-electron chi connectivity index (χ1n) is 4.75. The second-order valence-corrected chi connectivity index (χ2v) is 3.64. The summed E-state index contributed by atoms with van der Waals surface area (Å²) in [7, 11) is 0. The fraction of sp³-hybridized carbons (Fsp3) is 0.333. The van der Waals surface area contributed by atoms with E-state index in [1.165, 1.54) is 13.8 Å². The van der Waals surface area contributed by atoms with Crippen LogP contribution in [-0.2, 0) is 16.0 Å². The van der Waals surface area contributed by atoms with Crippen molar-refractivity contribution < 1.29 is 14.7 Å². The van der Waals surface area contributed by atoms with Crippen molar-refractivity contribution in [2.24, 2.45) is 0 Å². The maximum atomic E-state index is 11.2. The molecule has 0 aliphatic heterocycles. The van der Waals surface area contributed by atoms with E-state index >= 15 is 0 Å². The van der Waals surface area contributed by atoms with Crippen LogP contribution in [0.5, 0.6) is 0 Å². The van der Waals surface area contributed by atoms with Gasteiger partial charge in [0, 0.05) is 6.42 Å². The largest absolute Gasteiger partial charge is 0.374 e. The number of ketones is 2. The zero-order valence-corrected chi connectivity index (χ0v) is 8.86. The highest BCUT2D eigenvalue weighted by atomic mass is 16.3. The fourth-order valence-corrected chi connectivity index (χ4v) is 1.39. The summed E-state index contributed by atoms with van der Waals surface area (Å²) < 4.78 is 0. The Morgan fingerprint density at radius 2 is 1.60 bits per heavy atom. The molecule has 0 amide bonds. The molecule has 0 fully saturated rings. The van der Waals surface area contributed by atoms with Crippen molar-refractivity contribution in [1.82, 2.24) is 0 Å². The molecule has 0 aliphatic rings. The van der Waals surface area contributed by atoms with Gasteiger partial charge in [-0.05, 0) is 19.4 Å². The first-order chi connectivity index (χ1) is 6.97. The van der Waals surface area contributed by atoms with Crippen LogP contribution in [-0.4, -0.2) is 22.3 Å². The minimum atomic E-state index is -1.87. The Bertz CT molecular complexity index is 354. The number of Topliss-reactive ketones (excluding diaryl/α,β-unsaturated/α-hetero) is 2. The third-order valence-corrected chi connectivity index (χ3v) is 2.47. The van der Waals surface area contributed by atoms with E-state index in [4.69, 9.17) is 0 Å². The van der Waals surface area contributed by atoms with Crippen LogP contribution in [0.2, 0.25) is 0 Å². The van der Waals surface area contributed by atoms with Crippen LogP contribution in [0.4, 0.5) is 0 Å². The highest BCUT2D eigenvalue weighted by molar-refractivity contribution is 6.08. The molecule has 0 radical (unpaired) electrons. The minimum absolute atomic E-state index is 0.0402. The van der Waals surface area contributed by atoms with Gasteiger partial charge in [-0.25, -0.2) is 0 Å². The van der Waals surface area contributed by atoms with Crippen LogP contribution in [0.3, 0.4) is 0 Å². The lowest BCUT2D eigenvalue weighted by Gasteiger charge is -2.21. The number of hydrogen-bond acceptors (Lipinski definition) is 3. The second kappa shape index (κ2) is 4.36. The molecule has 0 unspecified atom stereocenters. The first-order valence-corrected chi connectivity index (χ1v) is 4.75. The quantitative estimate of drug-likeness (QED) is 0.751. The smallest absolute Gasteiger partial charge is 0.184 e. The van der Waals surface area contributed by atoms with Gasteiger partial charge in [-0.2, -0.15) is 0 Å². The van der Waals surface area contributed by atoms with Gasteiger partial charge in [-0.3, -0.25) is 9.59 Å². The van der Waals surface area contributed by atoms with E-state index in [2.05, 4.69) is 0 Å².